The summed E-state index contributed by atoms with van der Waals surface area (Å²) >= 11 is 0. The molecule has 0 nitrogen and oxygen atoms in total. The molecule has 0 bridgehead atoms. The van der Waals surface area contributed by atoms with Gasteiger partial charge in [0.05, 0.1) is 0 Å². The Morgan fingerprint density at radius 1 is 0.778 bits per heavy atom. The maximum atomic E-state index is 13.8. The molecule has 0 aromatic heterocycles. The van der Waals surface area contributed by atoms with Crippen molar-refractivity contribution < 1.29 is 17.6 Å². The molecule has 1 aliphatic carbocycles. The summed E-state index contributed by atoms with van der Waals surface area (Å²) in [5.74, 6) is -6.82. The Balaban J connectivity index is 1.72. The third-order valence-electron chi connectivity index (χ3n) is 5.94. The van der Waals surface area contributed by atoms with Gasteiger partial charge in [0.1, 0.15) is 0 Å². The van der Waals surface area contributed by atoms with Gasteiger partial charge in [0.25, 0.3) is 0 Å². The molecule has 1 fully saturated rings. The largest absolute Gasteiger partial charge is 0.335 e. The van der Waals surface area contributed by atoms with Crippen LogP contribution in [0.25, 0.3) is 11.1 Å². The van der Waals surface area contributed by atoms with E-state index < -0.39 is 17.4 Å². The van der Waals surface area contributed by atoms with Crippen molar-refractivity contribution in [1.29, 1.82) is 0 Å². The number of alkyl halides is 4. The average Bonchev–Trinajstić information content (AvgIpc) is 2.67. The standard InChI is InChI=1S/C23H26F4/c1-3-16-4-6-17(7-5-16)18-8-10-19(11-9-18)20-12-14-21(15-13-20)23(26,27)22(2,24)25/h8-17H,3-7H2,1-2H3/t16-,17-. The quantitative estimate of drug-likeness (QED) is 0.466. The number of halogens is 4. The molecule has 0 saturated heterocycles. The number of benzene rings is 2. The monoisotopic (exact) mass is 378 g/mol. The lowest BCUT2D eigenvalue weighted by molar-refractivity contribution is -0.204. The smallest absolute Gasteiger partial charge is 0.200 e. The van der Waals surface area contributed by atoms with Gasteiger partial charge in [-0.15, -0.1) is 0 Å². The van der Waals surface area contributed by atoms with Crippen LogP contribution in [0.5, 0.6) is 0 Å². The molecular weight excluding hydrogens is 352 g/mol. The lowest BCUT2D eigenvalue weighted by Crippen LogP contribution is -2.34. The Bertz CT molecular complexity index is 733. The van der Waals surface area contributed by atoms with Crippen LogP contribution in [0.2, 0.25) is 0 Å². The topological polar surface area (TPSA) is 0 Å². The second-order valence-corrected chi connectivity index (χ2v) is 7.79. The fraction of sp³-hybridized carbons (Fsp3) is 0.478. The first kappa shape index (κ1) is 19.9. The van der Waals surface area contributed by atoms with Crippen LogP contribution in [0.4, 0.5) is 17.6 Å². The number of hydrogen-bond acceptors (Lipinski definition) is 0. The van der Waals surface area contributed by atoms with Crippen LogP contribution >= 0.6 is 0 Å². The molecule has 2 aromatic rings. The highest BCUT2D eigenvalue weighted by Crippen LogP contribution is 2.43. The van der Waals surface area contributed by atoms with Crippen molar-refractivity contribution in [3.8, 4) is 11.1 Å². The lowest BCUT2D eigenvalue weighted by atomic mass is 9.77. The van der Waals surface area contributed by atoms with Crippen LogP contribution in [-0.2, 0) is 5.92 Å². The molecule has 0 aliphatic heterocycles. The van der Waals surface area contributed by atoms with Crippen molar-refractivity contribution in [1.82, 2.24) is 0 Å². The predicted molar refractivity (Wildman–Crippen MR) is 101 cm³/mol. The zero-order chi connectivity index (χ0) is 19.7. The first-order valence-corrected chi connectivity index (χ1v) is 9.69. The van der Waals surface area contributed by atoms with E-state index in [1.165, 1.54) is 49.8 Å². The van der Waals surface area contributed by atoms with Gasteiger partial charge in [0.15, 0.2) is 0 Å². The maximum absolute atomic E-state index is 13.8. The van der Waals surface area contributed by atoms with Gasteiger partial charge in [-0.2, -0.15) is 17.6 Å². The highest BCUT2D eigenvalue weighted by molar-refractivity contribution is 5.64. The summed E-state index contributed by atoms with van der Waals surface area (Å²) in [6.07, 6.45) is 6.24. The normalized spacial score (nSPS) is 21.3. The SMILES string of the molecule is CC[C@H]1CC[C@H](c2ccc(-c3ccc(C(F)(F)C(C)(F)F)cc3)cc2)CC1. The molecule has 0 radical (unpaired) electrons. The fourth-order valence-corrected chi connectivity index (χ4v) is 3.98. The first-order valence-electron chi connectivity index (χ1n) is 9.69. The van der Waals surface area contributed by atoms with Crippen molar-refractivity contribution in [2.24, 2.45) is 5.92 Å². The van der Waals surface area contributed by atoms with Gasteiger partial charge in [-0.05, 0) is 54.2 Å². The Labute approximate surface area is 158 Å². The van der Waals surface area contributed by atoms with Crippen LogP contribution in [0, 0.1) is 5.92 Å². The molecule has 0 N–H and O–H groups in total. The molecule has 3 rings (SSSR count). The summed E-state index contributed by atoms with van der Waals surface area (Å²) in [6.45, 7) is 2.50. The zero-order valence-electron chi connectivity index (χ0n) is 15.8. The van der Waals surface area contributed by atoms with E-state index >= 15 is 0 Å². The highest BCUT2D eigenvalue weighted by atomic mass is 19.3. The molecule has 4 heteroatoms. The number of hydrogen-bond donors (Lipinski definition) is 0. The van der Waals surface area contributed by atoms with Crippen LogP contribution in [-0.4, -0.2) is 5.92 Å². The fourth-order valence-electron chi connectivity index (χ4n) is 3.98. The maximum Gasteiger partial charge on any atom is 0.335 e. The van der Waals surface area contributed by atoms with Crippen molar-refractivity contribution in [3.05, 3.63) is 59.7 Å². The van der Waals surface area contributed by atoms with E-state index in [2.05, 4.69) is 19.1 Å². The molecule has 2 aromatic carbocycles. The van der Waals surface area contributed by atoms with E-state index in [1.807, 2.05) is 12.1 Å². The Hall–Kier alpha value is -1.84. The van der Waals surface area contributed by atoms with Gasteiger partial charge in [-0.1, -0.05) is 61.9 Å². The highest BCUT2D eigenvalue weighted by Gasteiger charge is 2.53. The van der Waals surface area contributed by atoms with Crippen LogP contribution in [0.1, 0.15) is 63.0 Å². The summed E-state index contributed by atoms with van der Waals surface area (Å²) in [7, 11) is 0. The summed E-state index contributed by atoms with van der Waals surface area (Å²) in [4.78, 5) is 0. The molecule has 0 unspecified atom stereocenters. The summed E-state index contributed by atoms with van der Waals surface area (Å²) in [5, 5.41) is 0. The lowest BCUT2D eigenvalue weighted by Gasteiger charge is -2.28. The molecule has 27 heavy (non-hydrogen) atoms. The van der Waals surface area contributed by atoms with Crippen molar-refractivity contribution in [2.45, 2.75) is 63.7 Å². The Morgan fingerprint density at radius 3 is 1.70 bits per heavy atom. The first-order chi connectivity index (χ1) is 12.7. The molecule has 0 atom stereocenters. The van der Waals surface area contributed by atoms with Gasteiger partial charge in [-0.3, -0.25) is 0 Å². The molecular formula is C23H26F4. The minimum Gasteiger partial charge on any atom is -0.200 e. The molecule has 0 heterocycles. The Kier molecular flexibility index (Phi) is 5.64. The molecule has 1 aliphatic rings. The molecule has 1 saturated carbocycles. The van der Waals surface area contributed by atoms with E-state index in [4.69, 9.17) is 0 Å². The summed E-state index contributed by atoms with van der Waals surface area (Å²) in [5.41, 5.74) is 2.31. The van der Waals surface area contributed by atoms with Gasteiger partial charge in [0.2, 0.25) is 0 Å². The second-order valence-electron chi connectivity index (χ2n) is 7.79. The minimum absolute atomic E-state index is 0.244. The van der Waals surface area contributed by atoms with Crippen molar-refractivity contribution in [3.63, 3.8) is 0 Å². The third-order valence-corrected chi connectivity index (χ3v) is 5.94. The second kappa shape index (κ2) is 7.65. The van der Waals surface area contributed by atoms with Gasteiger partial charge >= 0.3 is 11.8 Å². The summed E-state index contributed by atoms with van der Waals surface area (Å²) < 4.78 is 53.8. The van der Waals surface area contributed by atoms with E-state index in [0.717, 1.165) is 29.2 Å². The van der Waals surface area contributed by atoms with E-state index in [9.17, 15) is 17.6 Å². The van der Waals surface area contributed by atoms with Crippen LogP contribution < -0.4 is 0 Å². The molecule has 0 amide bonds. The van der Waals surface area contributed by atoms with Crippen molar-refractivity contribution in [2.75, 3.05) is 0 Å². The zero-order valence-corrected chi connectivity index (χ0v) is 15.8. The Morgan fingerprint density at radius 2 is 1.26 bits per heavy atom. The minimum atomic E-state index is -4.17. The molecule has 146 valence electrons. The van der Waals surface area contributed by atoms with E-state index in [-0.39, 0.29) is 6.92 Å². The van der Waals surface area contributed by atoms with Crippen LogP contribution in [0.3, 0.4) is 0 Å². The molecule has 0 spiro atoms. The number of rotatable bonds is 5. The third kappa shape index (κ3) is 4.20. The van der Waals surface area contributed by atoms with Gasteiger partial charge in [0, 0.05) is 12.5 Å². The van der Waals surface area contributed by atoms with E-state index in [1.54, 1.807) is 0 Å². The van der Waals surface area contributed by atoms with E-state index in [0.29, 0.717) is 5.92 Å². The predicted octanol–water partition coefficient (Wildman–Crippen LogP) is 7.78. The van der Waals surface area contributed by atoms with Crippen LogP contribution in [0.15, 0.2) is 48.5 Å². The van der Waals surface area contributed by atoms with Gasteiger partial charge in [-0.25, -0.2) is 0 Å². The average molecular weight is 378 g/mol. The van der Waals surface area contributed by atoms with Crippen molar-refractivity contribution >= 4 is 0 Å². The summed E-state index contributed by atoms with van der Waals surface area (Å²) in [6, 6.07) is 13.3. The van der Waals surface area contributed by atoms with Gasteiger partial charge < -0.3 is 0 Å².